The molecule has 0 spiro atoms. The third-order valence-corrected chi connectivity index (χ3v) is 3.85. The minimum atomic E-state index is -0.786. The van der Waals surface area contributed by atoms with E-state index in [1.165, 1.54) is 18.9 Å². The average Bonchev–Trinajstić information content (AvgIpc) is 3.00. The lowest BCUT2D eigenvalue weighted by Crippen LogP contribution is -2.25. The molecule has 25 heavy (non-hydrogen) atoms. The van der Waals surface area contributed by atoms with Gasteiger partial charge in [0.2, 0.25) is 18.0 Å². The van der Waals surface area contributed by atoms with Crippen LogP contribution in [0.1, 0.15) is 31.2 Å². The molecule has 1 amide bonds. The number of para-hydroxylation sites is 1. The van der Waals surface area contributed by atoms with Gasteiger partial charge < -0.3 is 9.47 Å². The fourth-order valence-electron chi connectivity index (χ4n) is 2.44. The van der Waals surface area contributed by atoms with Gasteiger partial charge in [-0.15, -0.1) is 5.10 Å². The van der Waals surface area contributed by atoms with Crippen molar-refractivity contribution < 1.29 is 19.1 Å². The van der Waals surface area contributed by atoms with Crippen LogP contribution in [0.4, 0.5) is 0 Å². The average molecular weight is 359 g/mol. The van der Waals surface area contributed by atoms with Crippen LogP contribution in [0, 0.1) is 0 Å². The van der Waals surface area contributed by atoms with E-state index in [0.717, 1.165) is 0 Å². The summed E-state index contributed by atoms with van der Waals surface area (Å²) >= 11 is 6.23. The van der Waals surface area contributed by atoms with Crippen LogP contribution in [-0.4, -0.2) is 22.8 Å². The second kappa shape index (κ2) is 6.94. The number of carbonyl (C=O) groups is 2. The molecule has 0 bridgehead atoms. The standard InChI is InChI=1S/C18H15ClN2O4/c1-11(22)21-18(13-7-3-5-9-15(13)19)25-17(20-21)14-8-4-6-10-16(14)24-12(2)23/h3-10,18H,1-2H3/t18-/m0/s1. The molecule has 0 saturated heterocycles. The first-order valence-corrected chi connectivity index (χ1v) is 7.92. The minimum absolute atomic E-state index is 0.178. The van der Waals surface area contributed by atoms with E-state index in [0.29, 0.717) is 21.9 Å². The van der Waals surface area contributed by atoms with Gasteiger partial charge >= 0.3 is 5.97 Å². The molecular formula is C18H15ClN2O4. The van der Waals surface area contributed by atoms with Crippen LogP contribution in [0.25, 0.3) is 0 Å². The normalized spacial score (nSPS) is 16.2. The molecule has 0 unspecified atom stereocenters. The van der Waals surface area contributed by atoms with E-state index < -0.39 is 12.2 Å². The highest BCUT2D eigenvalue weighted by atomic mass is 35.5. The Bertz CT molecular complexity index is 866. The van der Waals surface area contributed by atoms with Gasteiger partial charge in [-0.2, -0.15) is 5.01 Å². The van der Waals surface area contributed by atoms with Crippen LogP contribution in [-0.2, 0) is 14.3 Å². The van der Waals surface area contributed by atoms with E-state index in [9.17, 15) is 9.59 Å². The SMILES string of the molecule is CC(=O)Oc1ccccc1C1=NN(C(C)=O)[C@H](c2ccccc2Cl)O1. The van der Waals surface area contributed by atoms with Crippen LogP contribution in [0.5, 0.6) is 5.75 Å². The van der Waals surface area contributed by atoms with Gasteiger partial charge in [0.05, 0.1) is 5.56 Å². The molecule has 0 N–H and O–H groups in total. The molecule has 0 aliphatic carbocycles. The lowest BCUT2D eigenvalue weighted by molar-refractivity contribution is -0.135. The fraction of sp³-hybridized carbons (Fsp3) is 0.167. The van der Waals surface area contributed by atoms with Crippen LogP contribution in [0.15, 0.2) is 53.6 Å². The van der Waals surface area contributed by atoms with E-state index in [1.54, 1.807) is 48.5 Å². The first-order valence-electron chi connectivity index (χ1n) is 7.54. The van der Waals surface area contributed by atoms with Gasteiger partial charge in [-0.25, -0.2) is 0 Å². The number of esters is 1. The summed E-state index contributed by atoms with van der Waals surface area (Å²) in [6.07, 6.45) is -0.786. The molecule has 0 saturated carbocycles. The predicted octanol–water partition coefficient (Wildman–Crippen LogP) is 3.50. The van der Waals surface area contributed by atoms with Crippen molar-refractivity contribution in [2.45, 2.75) is 20.1 Å². The maximum absolute atomic E-state index is 12.0. The lowest BCUT2D eigenvalue weighted by atomic mass is 10.2. The number of rotatable bonds is 3. The number of ether oxygens (including phenoxy) is 2. The molecule has 3 rings (SSSR count). The quantitative estimate of drug-likeness (QED) is 0.622. The number of amides is 1. The summed E-state index contributed by atoms with van der Waals surface area (Å²) in [7, 11) is 0. The highest BCUT2D eigenvalue weighted by Crippen LogP contribution is 2.35. The molecular weight excluding hydrogens is 344 g/mol. The Morgan fingerprint density at radius 1 is 1.12 bits per heavy atom. The summed E-state index contributed by atoms with van der Waals surface area (Å²) in [5.74, 6) is -0.281. The van der Waals surface area contributed by atoms with Crippen molar-refractivity contribution in [2.24, 2.45) is 5.10 Å². The molecule has 0 fully saturated rings. The zero-order valence-electron chi connectivity index (χ0n) is 13.6. The molecule has 2 aromatic rings. The van der Waals surface area contributed by atoms with Crippen LogP contribution in [0.2, 0.25) is 5.02 Å². The lowest BCUT2D eigenvalue weighted by Gasteiger charge is -2.20. The highest BCUT2D eigenvalue weighted by molar-refractivity contribution is 6.31. The second-order valence-electron chi connectivity index (χ2n) is 5.35. The maximum Gasteiger partial charge on any atom is 0.308 e. The molecule has 0 radical (unpaired) electrons. The molecule has 1 aliphatic heterocycles. The maximum atomic E-state index is 12.0. The Hall–Kier alpha value is -2.86. The van der Waals surface area contributed by atoms with Crippen LogP contribution >= 0.6 is 11.6 Å². The minimum Gasteiger partial charge on any atom is -0.446 e. The van der Waals surface area contributed by atoms with Gasteiger partial charge in [-0.05, 0) is 18.2 Å². The molecule has 1 heterocycles. The van der Waals surface area contributed by atoms with Crippen molar-refractivity contribution >= 4 is 29.4 Å². The predicted molar refractivity (Wildman–Crippen MR) is 92.1 cm³/mol. The smallest absolute Gasteiger partial charge is 0.308 e. The van der Waals surface area contributed by atoms with E-state index >= 15 is 0 Å². The van der Waals surface area contributed by atoms with E-state index in [4.69, 9.17) is 21.1 Å². The van der Waals surface area contributed by atoms with Gasteiger partial charge in [0.15, 0.2) is 0 Å². The van der Waals surface area contributed by atoms with E-state index in [1.807, 2.05) is 0 Å². The number of hydrogen-bond donors (Lipinski definition) is 0. The van der Waals surface area contributed by atoms with Crippen molar-refractivity contribution in [2.75, 3.05) is 0 Å². The zero-order chi connectivity index (χ0) is 18.0. The van der Waals surface area contributed by atoms with Crippen LogP contribution < -0.4 is 4.74 Å². The third-order valence-electron chi connectivity index (χ3n) is 3.51. The van der Waals surface area contributed by atoms with Gasteiger partial charge in [-0.1, -0.05) is 41.9 Å². The molecule has 0 aromatic heterocycles. The van der Waals surface area contributed by atoms with E-state index in [2.05, 4.69) is 5.10 Å². The number of benzene rings is 2. The molecule has 2 aromatic carbocycles. The van der Waals surface area contributed by atoms with Crippen molar-refractivity contribution in [3.63, 3.8) is 0 Å². The Morgan fingerprint density at radius 2 is 1.80 bits per heavy atom. The monoisotopic (exact) mass is 358 g/mol. The van der Waals surface area contributed by atoms with Crippen molar-refractivity contribution in [3.05, 3.63) is 64.7 Å². The summed E-state index contributed by atoms with van der Waals surface area (Å²) in [5.41, 5.74) is 1.08. The molecule has 7 heteroatoms. The van der Waals surface area contributed by atoms with Gasteiger partial charge in [-0.3, -0.25) is 9.59 Å². The van der Waals surface area contributed by atoms with Gasteiger partial charge in [0.25, 0.3) is 0 Å². The summed E-state index contributed by atoms with van der Waals surface area (Å²) in [6, 6.07) is 13.9. The topological polar surface area (TPSA) is 68.2 Å². The fourth-order valence-corrected chi connectivity index (χ4v) is 2.67. The summed E-state index contributed by atoms with van der Waals surface area (Å²) < 4.78 is 11.1. The van der Waals surface area contributed by atoms with E-state index in [-0.39, 0.29) is 11.8 Å². The first kappa shape index (κ1) is 17.0. The summed E-state index contributed by atoms with van der Waals surface area (Å²) in [4.78, 5) is 23.3. The number of carbonyl (C=O) groups excluding carboxylic acids is 2. The number of halogens is 1. The van der Waals surface area contributed by atoms with Gasteiger partial charge in [0.1, 0.15) is 5.75 Å². The zero-order valence-corrected chi connectivity index (χ0v) is 14.4. The van der Waals surface area contributed by atoms with Gasteiger partial charge in [0, 0.05) is 24.4 Å². The Morgan fingerprint density at radius 3 is 2.48 bits per heavy atom. The largest absolute Gasteiger partial charge is 0.446 e. The molecule has 6 nitrogen and oxygen atoms in total. The van der Waals surface area contributed by atoms with Crippen LogP contribution in [0.3, 0.4) is 0 Å². The number of nitrogens with zero attached hydrogens (tertiary/aromatic N) is 2. The Balaban J connectivity index is 2.00. The molecule has 128 valence electrons. The molecule has 1 atom stereocenters. The van der Waals surface area contributed by atoms with Crippen molar-refractivity contribution in [1.29, 1.82) is 0 Å². The number of hydrogen-bond acceptors (Lipinski definition) is 5. The first-order chi connectivity index (χ1) is 12.0. The second-order valence-corrected chi connectivity index (χ2v) is 5.76. The molecule has 1 aliphatic rings. The highest BCUT2D eigenvalue weighted by Gasteiger charge is 2.35. The summed E-state index contributed by atoms with van der Waals surface area (Å²) in [5, 5.41) is 5.92. The Kier molecular flexibility index (Phi) is 4.72. The Labute approximate surface area is 149 Å². The van der Waals surface area contributed by atoms with Crippen molar-refractivity contribution in [3.8, 4) is 5.75 Å². The van der Waals surface area contributed by atoms with Crippen molar-refractivity contribution in [1.82, 2.24) is 5.01 Å². The number of hydrazone groups is 1. The summed E-state index contributed by atoms with van der Waals surface area (Å²) in [6.45, 7) is 2.69. The third kappa shape index (κ3) is 3.49.